The fraction of sp³-hybridized carbons (Fsp3) is 0.429. The molecule has 0 saturated carbocycles. The monoisotopic (exact) mass is 258 g/mol. The van der Waals surface area contributed by atoms with E-state index in [1.54, 1.807) is 4.40 Å². The van der Waals surface area contributed by atoms with Gasteiger partial charge in [-0.3, -0.25) is 4.79 Å². The summed E-state index contributed by atoms with van der Waals surface area (Å²) < 4.78 is 3.54. The summed E-state index contributed by atoms with van der Waals surface area (Å²) in [6, 6.07) is 0. The third-order valence-corrected chi connectivity index (χ3v) is 3.82. The zero-order valence-electron chi connectivity index (χ0n) is 11.9. The van der Waals surface area contributed by atoms with Crippen LogP contribution in [-0.4, -0.2) is 18.9 Å². The Morgan fingerprint density at radius 3 is 2.63 bits per heavy atom. The van der Waals surface area contributed by atoms with Gasteiger partial charge in [0, 0.05) is 24.6 Å². The van der Waals surface area contributed by atoms with E-state index < -0.39 is 0 Å². The highest BCUT2D eigenvalue weighted by atomic mass is 16.1. The molecule has 0 aliphatic heterocycles. The van der Waals surface area contributed by atoms with Gasteiger partial charge in [0.25, 0.3) is 5.56 Å². The first-order chi connectivity index (χ1) is 8.91. The normalized spacial score (nSPS) is 12.1. The van der Waals surface area contributed by atoms with Crippen LogP contribution in [0.3, 0.4) is 0 Å². The lowest BCUT2D eigenvalue weighted by Gasteiger charge is -2.01. The molecule has 0 amide bonds. The number of H-pyrrole nitrogens is 1. The van der Waals surface area contributed by atoms with E-state index in [1.807, 2.05) is 31.7 Å². The van der Waals surface area contributed by atoms with Gasteiger partial charge in [-0.2, -0.15) is 0 Å². The summed E-state index contributed by atoms with van der Waals surface area (Å²) in [6.45, 7) is 8.12. The molecule has 1 N–H and O–H groups in total. The van der Waals surface area contributed by atoms with Crippen molar-refractivity contribution in [2.45, 2.75) is 33.6 Å². The van der Waals surface area contributed by atoms with Gasteiger partial charge in [-0.05, 0) is 25.3 Å². The van der Waals surface area contributed by atoms with Gasteiger partial charge in [-0.15, -0.1) is 0 Å². The van der Waals surface area contributed by atoms with Crippen LogP contribution in [0.25, 0.3) is 16.8 Å². The van der Waals surface area contributed by atoms with Crippen molar-refractivity contribution < 1.29 is 0 Å². The number of fused-ring (bicyclic) bond motifs is 2. The molecule has 3 aromatic heterocycles. The van der Waals surface area contributed by atoms with Crippen molar-refractivity contribution in [2.75, 3.05) is 0 Å². The number of aryl methyl sites for hydroxylation is 3. The molecule has 0 aliphatic carbocycles. The number of rotatable bonds is 1. The minimum absolute atomic E-state index is 0.00347. The van der Waals surface area contributed by atoms with Crippen LogP contribution >= 0.6 is 0 Å². The molecule has 0 spiro atoms. The second kappa shape index (κ2) is 3.73. The van der Waals surface area contributed by atoms with Crippen molar-refractivity contribution in [3.05, 3.63) is 33.5 Å². The van der Waals surface area contributed by atoms with Gasteiger partial charge in [0.05, 0.1) is 0 Å². The van der Waals surface area contributed by atoms with Crippen LogP contribution in [0, 0.1) is 13.8 Å². The van der Waals surface area contributed by atoms with Crippen molar-refractivity contribution in [2.24, 2.45) is 7.05 Å². The molecule has 0 bridgehead atoms. The minimum atomic E-state index is -0.00347. The van der Waals surface area contributed by atoms with Crippen LogP contribution in [0.2, 0.25) is 0 Å². The molecular formula is C14H18N4O. The Labute approximate surface area is 110 Å². The molecule has 100 valence electrons. The SMILES string of the molecule is Cc1[nH]c2nc3c(C(C)C)cn(C)c3c(=O)n2c1C. The van der Waals surface area contributed by atoms with Crippen molar-refractivity contribution in [1.82, 2.24) is 18.9 Å². The maximum absolute atomic E-state index is 12.7. The van der Waals surface area contributed by atoms with Gasteiger partial charge < -0.3 is 9.55 Å². The van der Waals surface area contributed by atoms with Crippen LogP contribution in [0.1, 0.15) is 36.7 Å². The second-order valence-corrected chi connectivity index (χ2v) is 5.46. The molecule has 3 aromatic rings. The van der Waals surface area contributed by atoms with Gasteiger partial charge >= 0.3 is 0 Å². The van der Waals surface area contributed by atoms with Gasteiger partial charge in [-0.1, -0.05) is 13.8 Å². The summed E-state index contributed by atoms with van der Waals surface area (Å²) in [4.78, 5) is 20.5. The van der Waals surface area contributed by atoms with Gasteiger partial charge in [0.1, 0.15) is 11.0 Å². The number of aromatic amines is 1. The smallest absolute Gasteiger partial charge is 0.283 e. The fourth-order valence-electron chi connectivity index (χ4n) is 2.61. The zero-order chi connectivity index (χ0) is 13.9. The average molecular weight is 258 g/mol. The number of hydrogen-bond acceptors (Lipinski definition) is 2. The predicted octanol–water partition coefficient (Wildman–Crippen LogP) is 2.25. The Balaban J connectivity index is 2.59. The molecule has 0 saturated heterocycles. The predicted molar refractivity (Wildman–Crippen MR) is 75.9 cm³/mol. The molecule has 0 atom stereocenters. The van der Waals surface area contributed by atoms with Crippen LogP contribution in [0.4, 0.5) is 0 Å². The van der Waals surface area contributed by atoms with E-state index in [2.05, 4.69) is 23.8 Å². The molecule has 3 heterocycles. The first-order valence-electron chi connectivity index (χ1n) is 6.48. The lowest BCUT2D eigenvalue weighted by molar-refractivity contribution is 0.855. The van der Waals surface area contributed by atoms with E-state index in [0.717, 1.165) is 22.5 Å². The lowest BCUT2D eigenvalue weighted by Crippen LogP contribution is -2.17. The summed E-state index contributed by atoms with van der Waals surface area (Å²) in [5.74, 6) is 0.968. The average Bonchev–Trinajstić information content (AvgIpc) is 2.79. The Hall–Kier alpha value is -2.04. The summed E-state index contributed by atoms with van der Waals surface area (Å²) in [7, 11) is 1.90. The standard InChI is InChI=1S/C14H18N4O/c1-7(2)10-6-17(5)12-11(10)16-14-15-8(3)9(4)18(14)13(12)19/h6-7H,1-5H3,(H,15,16). The Bertz CT molecular complexity index is 848. The van der Waals surface area contributed by atoms with E-state index in [-0.39, 0.29) is 5.56 Å². The van der Waals surface area contributed by atoms with E-state index >= 15 is 0 Å². The number of nitrogens with zero attached hydrogens (tertiary/aromatic N) is 3. The second-order valence-electron chi connectivity index (χ2n) is 5.46. The Morgan fingerprint density at radius 2 is 2.00 bits per heavy atom. The van der Waals surface area contributed by atoms with Crippen LogP contribution in [-0.2, 0) is 7.05 Å². The molecular weight excluding hydrogens is 240 g/mol. The first-order valence-corrected chi connectivity index (χ1v) is 6.48. The quantitative estimate of drug-likeness (QED) is 0.728. The first kappa shape index (κ1) is 12.0. The van der Waals surface area contributed by atoms with E-state index in [1.165, 1.54) is 0 Å². The molecule has 3 rings (SSSR count). The van der Waals surface area contributed by atoms with E-state index in [0.29, 0.717) is 17.2 Å². The van der Waals surface area contributed by atoms with E-state index in [4.69, 9.17) is 0 Å². The summed E-state index contributed by atoms with van der Waals surface area (Å²) in [5, 5.41) is 0. The topological polar surface area (TPSA) is 55.1 Å². The van der Waals surface area contributed by atoms with Crippen molar-refractivity contribution >= 4 is 16.8 Å². The largest absolute Gasteiger partial charge is 0.344 e. The summed E-state index contributed by atoms with van der Waals surface area (Å²) in [5.41, 5.74) is 4.48. The minimum Gasteiger partial charge on any atom is -0.344 e. The molecule has 5 heteroatoms. The molecule has 0 aromatic carbocycles. The molecule has 0 fully saturated rings. The maximum Gasteiger partial charge on any atom is 0.283 e. The van der Waals surface area contributed by atoms with E-state index in [9.17, 15) is 4.79 Å². The lowest BCUT2D eigenvalue weighted by atomic mass is 10.1. The van der Waals surface area contributed by atoms with Gasteiger partial charge in [0.15, 0.2) is 0 Å². The Kier molecular flexibility index (Phi) is 2.36. The molecule has 0 aliphatic rings. The summed E-state index contributed by atoms with van der Waals surface area (Å²) >= 11 is 0. The van der Waals surface area contributed by atoms with Crippen molar-refractivity contribution in [3.63, 3.8) is 0 Å². The molecule has 19 heavy (non-hydrogen) atoms. The van der Waals surface area contributed by atoms with Crippen LogP contribution in [0.5, 0.6) is 0 Å². The molecule has 0 radical (unpaired) electrons. The zero-order valence-corrected chi connectivity index (χ0v) is 11.9. The number of aromatic nitrogens is 4. The van der Waals surface area contributed by atoms with Gasteiger partial charge in [0.2, 0.25) is 5.78 Å². The Morgan fingerprint density at radius 1 is 1.32 bits per heavy atom. The third-order valence-electron chi connectivity index (χ3n) is 3.82. The highest BCUT2D eigenvalue weighted by Crippen LogP contribution is 2.24. The highest BCUT2D eigenvalue weighted by molar-refractivity contribution is 5.81. The van der Waals surface area contributed by atoms with Crippen molar-refractivity contribution in [3.8, 4) is 0 Å². The third kappa shape index (κ3) is 1.47. The number of nitrogens with one attached hydrogen (secondary N) is 1. The van der Waals surface area contributed by atoms with Crippen LogP contribution in [0.15, 0.2) is 11.0 Å². The number of imidazole rings is 1. The maximum atomic E-state index is 12.7. The highest BCUT2D eigenvalue weighted by Gasteiger charge is 2.18. The van der Waals surface area contributed by atoms with Crippen molar-refractivity contribution in [1.29, 1.82) is 0 Å². The van der Waals surface area contributed by atoms with Gasteiger partial charge in [-0.25, -0.2) is 9.38 Å². The van der Waals surface area contributed by atoms with Crippen LogP contribution < -0.4 is 5.56 Å². The fourth-order valence-corrected chi connectivity index (χ4v) is 2.61. The number of hydrogen-bond donors (Lipinski definition) is 1. The molecule has 0 unspecified atom stereocenters. The molecule has 5 nitrogen and oxygen atoms in total. The summed E-state index contributed by atoms with van der Waals surface area (Å²) in [6.07, 6.45) is 2.01.